The first-order valence-corrected chi connectivity index (χ1v) is 10.8. The van der Waals surface area contributed by atoms with Gasteiger partial charge in [0.25, 0.3) is 11.5 Å². The van der Waals surface area contributed by atoms with Gasteiger partial charge in [0.2, 0.25) is 0 Å². The number of aryl methyl sites for hydroxylation is 2. The summed E-state index contributed by atoms with van der Waals surface area (Å²) in [6.45, 7) is 5.79. The molecule has 0 spiro atoms. The van der Waals surface area contributed by atoms with Gasteiger partial charge in [-0.05, 0) is 43.9 Å². The van der Waals surface area contributed by atoms with E-state index in [4.69, 9.17) is 9.40 Å². The first kappa shape index (κ1) is 18.9. The lowest BCUT2D eigenvalue weighted by Crippen LogP contribution is -2.31. The van der Waals surface area contributed by atoms with Crippen LogP contribution in [0, 0.1) is 6.92 Å². The van der Waals surface area contributed by atoms with E-state index in [1.807, 2.05) is 24.0 Å². The van der Waals surface area contributed by atoms with Gasteiger partial charge in [0.05, 0.1) is 23.1 Å². The van der Waals surface area contributed by atoms with Crippen molar-refractivity contribution in [1.29, 1.82) is 0 Å². The second-order valence-electron chi connectivity index (χ2n) is 7.34. The maximum Gasteiger partial charge on any atom is 0.264 e. The number of hydrogen-bond donors (Lipinski definition) is 0. The van der Waals surface area contributed by atoms with Gasteiger partial charge in [0, 0.05) is 19.5 Å². The lowest BCUT2D eigenvalue weighted by Gasteiger charge is -2.21. The Hall–Kier alpha value is -2.41. The topological polar surface area (TPSA) is 68.3 Å². The first-order chi connectivity index (χ1) is 13.6. The van der Waals surface area contributed by atoms with E-state index in [0.29, 0.717) is 28.2 Å². The summed E-state index contributed by atoms with van der Waals surface area (Å²) in [6, 6.07) is 3.71. The predicted octanol–water partition coefficient (Wildman–Crippen LogP) is 4.14. The van der Waals surface area contributed by atoms with Crippen molar-refractivity contribution in [3.05, 3.63) is 50.8 Å². The van der Waals surface area contributed by atoms with E-state index in [2.05, 4.69) is 6.92 Å². The number of unbranched alkanes of at least 4 members (excludes halogenated alkanes) is 1. The summed E-state index contributed by atoms with van der Waals surface area (Å²) < 4.78 is 7.24. The highest BCUT2D eigenvalue weighted by molar-refractivity contribution is 7.20. The molecule has 0 saturated heterocycles. The molecule has 0 aliphatic carbocycles. The molecule has 0 saturated carbocycles. The second kappa shape index (κ2) is 7.91. The third-order valence-electron chi connectivity index (χ3n) is 5.35. The van der Waals surface area contributed by atoms with Gasteiger partial charge in [-0.3, -0.25) is 14.2 Å². The van der Waals surface area contributed by atoms with Crippen molar-refractivity contribution in [2.24, 2.45) is 0 Å². The molecule has 3 aromatic heterocycles. The highest BCUT2D eigenvalue weighted by atomic mass is 32.1. The molecule has 1 amide bonds. The first-order valence-electron chi connectivity index (χ1n) is 9.94. The number of carbonyl (C=O) groups excluding carboxylic acids is 1. The zero-order valence-corrected chi connectivity index (χ0v) is 17.2. The van der Waals surface area contributed by atoms with Crippen LogP contribution in [0.3, 0.4) is 0 Å². The molecule has 1 aliphatic rings. The lowest BCUT2D eigenvalue weighted by atomic mass is 10.1. The molecule has 0 atom stereocenters. The number of aromatic nitrogens is 2. The van der Waals surface area contributed by atoms with Gasteiger partial charge >= 0.3 is 0 Å². The Morgan fingerprint density at radius 2 is 2.25 bits per heavy atom. The number of thiophene rings is 1. The van der Waals surface area contributed by atoms with Crippen molar-refractivity contribution >= 4 is 27.5 Å². The van der Waals surface area contributed by atoms with Gasteiger partial charge in [-0.15, -0.1) is 11.3 Å². The number of nitrogens with zero attached hydrogens (tertiary/aromatic N) is 3. The minimum Gasteiger partial charge on any atom is -0.467 e. The van der Waals surface area contributed by atoms with Gasteiger partial charge in [-0.25, -0.2) is 4.98 Å². The zero-order valence-electron chi connectivity index (χ0n) is 16.4. The van der Waals surface area contributed by atoms with Crippen molar-refractivity contribution in [1.82, 2.24) is 14.5 Å². The number of carbonyl (C=O) groups is 1. The molecule has 148 valence electrons. The molecular weight excluding hydrogens is 374 g/mol. The normalized spacial score (nSPS) is 13.6. The fourth-order valence-corrected chi connectivity index (χ4v) is 4.93. The Kier molecular flexibility index (Phi) is 5.35. The van der Waals surface area contributed by atoms with Crippen molar-refractivity contribution in [3.63, 3.8) is 0 Å². The van der Waals surface area contributed by atoms with Gasteiger partial charge in [-0.1, -0.05) is 13.3 Å². The Morgan fingerprint density at radius 1 is 1.39 bits per heavy atom. The zero-order chi connectivity index (χ0) is 19.7. The van der Waals surface area contributed by atoms with E-state index >= 15 is 0 Å². The third kappa shape index (κ3) is 3.39. The second-order valence-corrected chi connectivity index (χ2v) is 8.34. The Balaban J connectivity index is 1.73. The highest BCUT2D eigenvalue weighted by Crippen LogP contribution is 2.30. The van der Waals surface area contributed by atoms with Crippen LogP contribution >= 0.6 is 11.3 Å². The van der Waals surface area contributed by atoms with Crippen LogP contribution in [0.2, 0.25) is 0 Å². The monoisotopic (exact) mass is 399 g/mol. The third-order valence-corrected chi connectivity index (χ3v) is 6.53. The Labute approximate surface area is 167 Å². The maximum atomic E-state index is 13.4. The van der Waals surface area contributed by atoms with Gasteiger partial charge in [-0.2, -0.15) is 0 Å². The van der Waals surface area contributed by atoms with Gasteiger partial charge < -0.3 is 9.32 Å². The van der Waals surface area contributed by atoms with Crippen molar-refractivity contribution < 1.29 is 9.21 Å². The number of hydrogen-bond acceptors (Lipinski definition) is 5. The van der Waals surface area contributed by atoms with Gasteiger partial charge in [0.1, 0.15) is 16.4 Å². The van der Waals surface area contributed by atoms with Crippen LogP contribution in [0.25, 0.3) is 10.2 Å². The van der Waals surface area contributed by atoms with Crippen LogP contribution in [-0.2, 0) is 19.5 Å². The summed E-state index contributed by atoms with van der Waals surface area (Å²) in [5.41, 5.74) is 0.753. The molecule has 0 N–H and O–H groups in total. The van der Waals surface area contributed by atoms with Crippen LogP contribution in [0.15, 0.2) is 27.6 Å². The molecule has 0 unspecified atom stereocenters. The average molecular weight is 400 g/mol. The van der Waals surface area contributed by atoms with E-state index < -0.39 is 0 Å². The van der Waals surface area contributed by atoms with E-state index in [0.717, 1.165) is 55.8 Å². The quantitative estimate of drug-likeness (QED) is 0.625. The van der Waals surface area contributed by atoms with Crippen LogP contribution in [0.5, 0.6) is 0 Å². The van der Waals surface area contributed by atoms with Crippen LogP contribution in [0.1, 0.15) is 59.4 Å². The maximum absolute atomic E-state index is 13.4. The SMILES string of the molecule is CCCCN(Cc1ccco1)C(=O)c1sc2nc3n(c(=O)c2c1C)CCCC3. The average Bonchev–Trinajstić information content (AvgIpc) is 3.33. The Morgan fingerprint density at radius 3 is 3.00 bits per heavy atom. The molecule has 28 heavy (non-hydrogen) atoms. The van der Waals surface area contributed by atoms with Gasteiger partial charge in [0.15, 0.2) is 0 Å². The van der Waals surface area contributed by atoms with Crippen molar-refractivity contribution in [2.45, 2.75) is 59.0 Å². The molecule has 4 heterocycles. The van der Waals surface area contributed by atoms with Crippen molar-refractivity contribution in [3.8, 4) is 0 Å². The fourth-order valence-electron chi connectivity index (χ4n) is 3.77. The minimum absolute atomic E-state index is 0.00126. The van der Waals surface area contributed by atoms with Crippen molar-refractivity contribution in [2.75, 3.05) is 6.54 Å². The standard InChI is InChI=1S/C21H25N3O3S/c1-3-4-10-23(13-15-8-7-12-27-15)21(26)18-14(2)17-19(28-18)22-16-9-5-6-11-24(16)20(17)25/h7-8,12H,3-6,9-11,13H2,1-2H3. The molecule has 7 heteroatoms. The fraction of sp³-hybridized carbons (Fsp3) is 0.476. The molecular formula is C21H25N3O3S. The molecule has 4 rings (SSSR count). The number of furan rings is 1. The largest absolute Gasteiger partial charge is 0.467 e. The van der Waals surface area contributed by atoms with E-state index in [9.17, 15) is 9.59 Å². The van der Waals surface area contributed by atoms with E-state index in [-0.39, 0.29) is 11.5 Å². The molecule has 6 nitrogen and oxygen atoms in total. The van der Waals surface area contributed by atoms with Crippen LogP contribution in [0.4, 0.5) is 0 Å². The number of amides is 1. The summed E-state index contributed by atoms with van der Waals surface area (Å²) in [5.74, 6) is 1.56. The summed E-state index contributed by atoms with van der Waals surface area (Å²) >= 11 is 1.35. The predicted molar refractivity (Wildman–Crippen MR) is 110 cm³/mol. The lowest BCUT2D eigenvalue weighted by molar-refractivity contribution is 0.0733. The van der Waals surface area contributed by atoms with E-state index in [1.165, 1.54) is 11.3 Å². The highest BCUT2D eigenvalue weighted by Gasteiger charge is 2.25. The molecule has 0 radical (unpaired) electrons. The molecule has 0 bridgehead atoms. The summed E-state index contributed by atoms with van der Waals surface area (Å²) in [5, 5.41) is 0.604. The number of rotatable bonds is 6. The summed E-state index contributed by atoms with van der Waals surface area (Å²) in [7, 11) is 0. The minimum atomic E-state index is -0.0484. The molecule has 0 aromatic carbocycles. The molecule has 0 fully saturated rings. The summed E-state index contributed by atoms with van der Waals surface area (Å²) in [4.78, 5) is 34.2. The van der Waals surface area contributed by atoms with E-state index in [1.54, 1.807) is 10.8 Å². The smallest absolute Gasteiger partial charge is 0.264 e. The molecule has 1 aliphatic heterocycles. The van der Waals surface area contributed by atoms with Crippen LogP contribution in [-0.4, -0.2) is 26.9 Å². The molecule has 3 aromatic rings. The Bertz CT molecular complexity index is 1050. The number of fused-ring (bicyclic) bond motifs is 2. The summed E-state index contributed by atoms with van der Waals surface area (Å²) in [6.07, 6.45) is 6.43. The van der Waals surface area contributed by atoms with Crippen LogP contribution < -0.4 is 5.56 Å².